The maximum absolute atomic E-state index is 12.5. The summed E-state index contributed by atoms with van der Waals surface area (Å²) in [4.78, 5) is 4.07. The van der Waals surface area contributed by atoms with Crippen LogP contribution in [0.15, 0.2) is 24.5 Å². The summed E-state index contributed by atoms with van der Waals surface area (Å²) in [5.41, 5.74) is -0.271. The van der Waals surface area contributed by atoms with E-state index in [1.54, 1.807) is 16.7 Å². The molecule has 0 unspecified atom stereocenters. The highest BCUT2D eigenvalue weighted by Crippen LogP contribution is 2.41. The van der Waals surface area contributed by atoms with Crippen molar-refractivity contribution < 1.29 is 17.9 Å². The molecule has 0 bridgehead atoms. The first kappa shape index (κ1) is 17.6. The number of piperidine rings is 1. The molecule has 1 aromatic heterocycles. The molecule has 0 N–H and O–H groups in total. The van der Waals surface area contributed by atoms with Gasteiger partial charge in [-0.3, -0.25) is 4.98 Å². The highest BCUT2D eigenvalue weighted by molar-refractivity contribution is 7.89. The molecule has 0 saturated carbocycles. The minimum absolute atomic E-state index is 0.0657. The van der Waals surface area contributed by atoms with Gasteiger partial charge in [-0.05, 0) is 37.8 Å². The van der Waals surface area contributed by atoms with Crippen molar-refractivity contribution in [3.05, 3.63) is 24.5 Å². The highest BCUT2D eigenvalue weighted by atomic mass is 32.2. The second kappa shape index (κ2) is 7.37. The quantitative estimate of drug-likeness (QED) is 0.782. The second-order valence-electron chi connectivity index (χ2n) is 6.74. The third kappa shape index (κ3) is 3.73. The molecule has 0 aromatic carbocycles. The van der Waals surface area contributed by atoms with Crippen LogP contribution in [0.2, 0.25) is 0 Å². The van der Waals surface area contributed by atoms with E-state index in [2.05, 4.69) is 4.98 Å². The Balaban J connectivity index is 1.77. The van der Waals surface area contributed by atoms with Gasteiger partial charge in [0, 0.05) is 31.3 Å². The zero-order chi connectivity index (χ0) is 17.0. The van der Waals surface area contributed by atoms with Gasteiger partial charge in [-0.2, -0.15) is 0 Å². The minimum atomic E-state index is -3.20. The topological polar surface area (TPSA) is 68.7 Å². The summed E-state index contributed by atoms with van der Waals surface area (Å²) in [6, 6.07) is 3.71. The Hall–Kier alpha value is -1.18. The molecule has 2 saturated heterocycles. The van der Waals surface area contributed by atoms with E-state index in [1.807, 2.05) is 19.1 Å². The summed E-state index contributed by atoms with van der Waals surface area (Å²) >= 11 is 0. The third-order valence-corrected chi connectivity index (χ3v) is 6.99. The largest absolute Gasteiger partial charge is 0.491 e. The normalized spacial score (nSPS) is 28.3. The minimum Gasteiger partial charge on any atom is -0.491 e. The molecule has 7 heteroatoms. The van der Waals surface area contributed by atoms with Crippen molar-refractivity contribution >= 4 is 10.0 Å². The zero-order valence-electron chi connectivity index (χ0n) is 14.2. The summed E-state index contributed by atoms with van der Waals surface area (Å²) in [7, 11) is -3.20. The van der Waals surface area contributed by atoms with E-state index in [-0.39, 0.29) is 17.3 Å². The van der Waals surface area contributed by atoms with E-state index in [4.69, 9.17) is 9.47 Å². The van der Waals surface area contributed by atoms with Crippen molar-refractivity contribution in [1.29, 1.82) is 0 Å². The van der Waals surface area contributed by atoms with Crippen molar-refractivity contribution in [2.45, 2.75) is 38.7 Å². The lowest BCUT2D eigenvalue weighted by molar-refractivity contribution is -0.128. The molecule has 0 spiro atoms. The maximum atomic E-state index is 12.5. The average Bonchev–Trinajstić information content (AvgIpc) is 2.60. The molecule has 3 rings (SSSR count). The van der Waals surface area contributed by atoms with Gasteiger partial charge in [-0.1, -0.05) is 6.92 Å². The summed E-state index contributed by atoms with van der Waals surface area (Å²) in [5, 5.41) is 0. The molecule has 2 aliphatic heterocycles. The van der Waals surface area contributed by atoms with Crippen LogP contribution in [0.5, 0.6) is 5.75 Å². The molecule has 1 aromatic rings. The van der Waals surface area contributed by atoms with E-state index in [0.29, 0.717) is 31.9 Å². The van der Waals surface area contributed by atoms with E-state index in [9.17, 15) is 8.42 Å². The van der Waals surface area contributed by atoms with Crippen LogP contribution in [-0.4, -0.2) is 55.9 Å². The first-order chi connectivity index (χ1) is 11.6. The Bertz CT molecular complexity index is 637. The van der Waals surface area contributed by atoms with Gasteiger partial charge in [0.1, 0.15) is 5.75 Å². The SMILES string of the molecule is CCCS(=O)(=O)N1CC[C@H]2OCCC[C@]2(COc2cccnc2)C1. The van der Waals surface area contributed by atoms with E-state index < -0.39 is 10.0 Å². The predicted molar refractivity (Wildman–Crippen MR) is 91.4 cm³/mol. The van der Waals surface area contributed by atoms with E-state index in [1.165, 1.54) is 0 Å². The van der Waals surface area contributed by atoms with Crippen molar-refractivity contribution in [1.82, 2.24) is 9.29 Å². The number of sulfonamides is 1. The van der Waals surface area contributed by atoms with Gasteiger partial charge in [0.05, 0.1) is 24.7 Å². The monoisotopic (exact) mass is 354 g/mol. The molecule has 24 heavy (non-hydrogen) atoms. The number of hydrogen-bond acceptors (Lipinski definition) is 5. The fraction of sp³-hybridized carbons (Fsp3) is 0.706. The smallest absolute Gasteiger partial charge is 0.214 e. The average molecular weight is 354 g/mol. The van der Waals surface area contributed by atoms with Gasteiger partial charge in [0.2, 0.25) is 10.0 Å². The van der Waals surface area contributed by atoms with Crippen LogP contribution in [0, 0.1) is 5.41 Å². The summed E-state index contributed by atoms with van der Waals surface area (Å²) in [6.45, 7) is 4.14. The molecule has 2 atom stereocenters. The van der Waals surface area contributed by atoms with Crippen LogP contribution in [0.3, 0.4) is 0 Å². The fourth-order valence-corrected chi connectivity index (χ4v) is 5.36. The number of nitrogens with zero attached hydrogens (tertiary/aromatic N) is 2. The number of rotatable bonds is 6. The van der Waals surface area contributed by atoms with Gasteiger partial charge < -0.3 is 9.47 Å². The van der Waals surface area contributed by atoms with Crippen molar-refractivity contribution in [3.63, 3.8) is 0 Å². The summed E-state index contributed by atoms with van der Waals surface area (Å²) < 4.78 is 38.6. The van der Waals surface area contributed by atoms with Crippen LogP contribution in [0.1, 0.15) is 32.6 Å². The van der Waals surface area contributed by atoms with Crippen molar-refractivity contribution in [3.8, 4) is 5.75 Å². The van der Waals surface area contributed by atoms with Crippen LogP contribution < -0.4 is 4.74 Å². The number of pyridine rings is 1. The molecular formula is C17H26N2O4S. The highest BCUT2D eigenvalue weighted by Gasteiger charge is 2.48. The Kier molecular flexibility index (Phi) is 5.42. The summed E-state index contributed by atoms with van der Waals surface area (Å²) in [6.07, 6.45) is 6.69. The molecule has 3 heterocycles. The van der Waals surface area contributed by atoms with Crippen LogP contribution >= 0.6 is 0 Å². The summed E-state index contributed by atoms with van der Waals surface area (Å²) in [5.74, 6) is 0.919. The van der Waals surface area contributed by atoms with E-state index >= 15 is 0 Å². The Morgan fingerprint density at radius 1 is 1.50 bits per heavy atom. The number of fused-ring (bicyclic) bond motifs is 1. The van der Waals surface area contributed by atoms with E-state index in [0.717, 1.165) is 25.9 Å². The standard InChI is InChI=1S/C17H26N2O4S/c1-2-11-24(20,21)19-9-6-16-17(13-19,7-4-10-22-16)14-23-15-5-3-8-18-12-15/h3,5,8,12,16H,2,4,6-7,9-11,13-14H2,1H3/t16-,17-/m1/s1. The fourth-order valence-electron chi connectivity index (χ4n) is 3.74. The molecular weight excluding hydrogens is 328 g/mol. The zero-order valence-corrected chi connectivity index (χ0v) is 15.0. The maximum Gasteiger partial charge on any atom is 0.214 e. The van der Waals surface area contributed by atoms with Gasteiger partial charge in [0.25, 0.3) is 0 Å². The lowest BCUT2D eigenvalue weighted by atomic mass is 9.73. The lowest BCUT2D eigenvalue weighted by Gasteiger charge is -2.49. The molecule has 134 valence electrons. The molecule has 6 nitrogen and oxygen atoms in total. The Morgan fingerprint density at radius 2 is 2.38 bits per heavy atom. The molecule has 2 fully saturated rings. The predicted octanol–water partition coefficient (Wildman–Crippen LogP) is 2.07. The Morgan fingerprint density at radius 3 is 3.12 bits per heavy atom. The van der Waals surface area contributed by atoms with Crippen molar-refractivity contribution in [2.75, 3.05) is 32.1 Å². The molecule has 0 radical (unpaired) electrons. The van der Waals surface area contributed by atoms with Gasteiger partial charge in [-0.25, -0.2) is 12.7 Å². The van der Waals surface area contributed by atoms with Gasteiger partial charge in [-0.15, -0.1) is 0 Å². The molecule has 0 amide bonds. The number of aromatic nitrogens is 1. The van der Waals surface area contributed by atoms with Gasteiger partial charge >= 0.3 is 0 Å². The lowest BCUT2D eigenvalue weighted by Crippen LogP contribution is -2.58. The molecule has 0 aliphatic carbocycles. The second-order valence-corrected chi connectivity index (χ2v) is 8.83. The number of hydrogen-bond donors (Lipinski definition) is 0. The van der Waals surface area contributed by atoms with Gasteiger partial charge in [0.15, 0.2) is 0 Å². The third-order valence-electron chi connectivity index (χ3n) is 4.97. The van der Waals surface area contributed by atoms with Crippen LogP contribution in [0.4, 0.5) is 0 Å². The first-order valence-electron chi connectivity index (χ1n) is 8.68. The van der Waals surface area contributed by atoms with Crippen LogP contribution in [-0.2, 0) is 14.8 Å². The van der Waals surface area contributed by atoms with Crippen molar-refractivity contribution in [2.24, 2.45) is 5.41 Å². The van der Waals surface area contributed by atoms with Crippen LogP contribution in [0.25, 0.3) is 0 Å². The first-order valence-corrected chi connectivity index (χ1v) is 10.3. The number of ether oxygens (including phenoxy) is 2. The molecule has 2 aliphatic rings. The Labute approximate surface area is 144 Å².